The van der Waals surface area contributed by atoms with E-state index in [1.807, 2.05) is 6.07 Å². The fraction of sp³-hybridized carbons (Fsp3) is 0.385. The molecule has 0 radical (unpaired) electrons. The third-order valence-electron chi connectivity index (χ3n) is 2.67. The summed E-state index contributed by atoms with van der Waals surface area (Å²) >= 11 is 3.33. The Balaban J connectivity index is 2.71. The smallest absolute Gasteiger partial charge is 0.306 e. The zero-order valence-electron chi connectivity index (χ0n) is 10.7. The molecule has 5 nitrogen and oxygen atoms in total. The van der Waals surface area contributed by atoms with Gasteiger partial charge >= 0.3 is 5.97 Å². The molecule has 1 unspecified atom stereocenters. The molecule has 1 amide bonds. The molecule has 0 heterocycles. The van der Waals surface area contributed by atoms with Gasteiger partial charge in [0.1, 0.15) is 0 Å². The number of aliphatic hydroxyl groups is 1. The fourth-order valence-electron chi connectivity index (χ4n) is 1.61. The number of carbonyl (C=O) groups excluding carboxylic acids is 1. The Bertz CT molecular complexity index is 499. The Morgan fingerprint density at radius 1 is 1.42 bits per heavy atom. The van der Waals surface area contributed by atoms with Crippen LogP contribution >= 0.6 is 15.9 Å². The van der Waals surface area contributed by atoms with E-state index < -0.39 is 18.0 Å². The van der Waals surface area contributed by atoms with Crippen molar-refractivity contribution in [2.45, 2.75) is 25.9 Å². The maximum Gasteiger partial charge on any atom is 0.306 e. The van der Waals surface area contributed by atoms with Gasteiger partial charge in [0.2, 0.25) is 0 Å². The number of rotatable bonds is 5. The molecule has 1 atom stereocenters. The maximum absolute atomic E-state index is 12.0. The lowest BCUT2D eigenvalue weighted by Gasteiger charge is -2.21. The van der Waals surface area contributed by atoms with Gasteiger partial charge in [-0.25, -0.2) is 0 Å². The number of nitrogens with one attached hydrogen (secondary N) is 1. The van der Waals surface area contributed by atoms with E-state index in [0.29, 0.717) is 5.56 Å². The molecular formula is C13H16BrNO4. The van der Waals surface area contributed by atoms with Gasteiger partial charge in [0.25, 0.3) is 5.91 Å². The van der Waals surface area contributed by atoms with Crippen molar-refractivity contribution < 1.29 is 19.8 Å². The normalized spacial score (nSPS) is 13.7. The second-order valence-corrected chi connectivity index (χ2v) is 5.52. The van der Waals surface area contributed by atoms with Crippen LogP contribution in [0.15, 0.2) is 22.7 Å². The van der Waals surface area contributed by atoms with E-state index >= 15 is 0 Å². The SMILES string of the molecule is Cc1c(Br)cccc1C(=O)NCC(C)(O)CC(=O)O. The minimum Gasteiger partial charge on any atom is -0.481 e. The highest BCUT2D eigenvalue weighted by Gasteiger charge is 2.25. The summed E-state index contributed by atoms with van der Waals surface area (Å²) in [4.78, 5) is 22.5. The van der Waals surface area contributed by atoms with Crippen molar-refractivity contribution in [3.63, 3.8) is 0 Å². The number of hydrogen-bond donors (Lipinski definition) is 3. The van der Waals surface area contributed by atoms with Crippen molar-refractivity contribution in [2.75, 3.05) is 6.54 Å². The van der Waals surface area contributed by atoms with Crippen LogP contribution in [0.1, 0.15) is 29.3 Å². The minimum absolute atomic E-state index is 0.121. The quantitative estimate of drug-likeness (QED) is 0.767. The van der Waals surface area contributed by atoms with Crippen LogP contribution in [-0.2, 0) is 4.79 Å². The molecule has 0 aliphatic carbocycles. The van der Waals surface area contributed by atoms with Crippen molar-refractivity contribution in [3.05, 3.63) is 33.8 Å². The summed E-state index contributed by atoms with van der Waals surface area (Å²) in [6.45, 7) is 3.05. The third-order valence-corrected chi connectivity index (χ3v) is 3.53. The van der Waals surface area contributed by atoms with Gasteiger partial charge in [-0.3, -0.25) is 9.59 Å². The fourth-order valence-corrected chi connectivity index (χ4v) is 1.97. The van der Waals surface area contributed by atoms with Gasteiger partial charge in [0.15, 0.2) is 0 Å². The van der Waals surface area contributed by atoms with E-state index in [0.717, 1.165) is 10.0 Å². The second kappa shape index (κ2) is 6.16. The summed E-state index contributed by atoms with van der Waals surface area (Å²) in [5.74, 6) is -1.46. The average molecular weight is 330 g/mol. The van der Waals surface area contributed by atoms with Crippen LogP contribution in [0.3, 0.4) is 0 Å². The van der Waals surface area contributed by atoms with Gasteiger partial charge in [-0.2, -0.15) is 0 Å². The molecule has 0 fully saturated rings. The average Bonchev–Trinajstić information content (AvgIpc) is 2.28. The highest BCUT2D eigenvalue weighted by molar-refractivity contribution is 9.10. The van der Waals surface area contributed by atoms with Crippen molar-refractivity contribution in [2.24, 2.45) is 0 Å². The maximum atomic E-state index is 12.0. The number of carboxylic acid groups (broad SMARTS) is 1. The molecule has 0 aliphatic rings. The summed E-state index contributed by atoms with van der Waals surface area (Å²) in [5, 5.41) is 21.0. The van der Waals surface area contributed by atoms with E-state index in [9.17, 15) is 14.7 Å². The Kier molecular flexibility index (Phi) is 5.08. The van der Waals surface area contributed by atoms with Gasteiger partial charge in [0.05, 0.1) is 12.0 Å². The van der Waals surface area contributed by atoms with Gasteiger partial charge in [-0.15, -0.1) is 0 Å². The Hall–Kier alpha value is -1.40. The molecule has 6 heteroatoms. The largest absolute Gasteiger partial charge is 0.481 e. The summed E-state index contributed by atoms with van der Waals surface area (Å²) in [6.07, 6.45) is -0.426. The first-order valence-corrected chi connectivity index (χ1v) is 6.50. The molecule has 1 aromatic carbocycles. The van der Waals surface area contributed by atoms with Gasteiger partial charge in [-0.1, -0.05) is 22.0 Å². The van der Waals surface area contributed by atoms with Crippen LogP contribution in [0.2, 0.25) is 0 Å². The van der Waals surface area contributed by atoms with E-state index in [2.05, 4.69) is 21.2 Å². The standard InChI is InChI=1S/C13H16BrNO4/c1-8-9(4-3-5-10(8)14)12(18)15-7-13(2,19)6-11(16)17/h3-5,19H,6-7H2,1-2H3,(H,15,18)(H,16,17). The van der Waals surface area contributed by atoms with E-state index in [1.165, 1.54) is 6.92 Å². The van der Waals surface area contributed by atoms with Crippen LogP contribution < -0.4 is 5.32 Å². The summed E-state index contributed by atoms with van der Waals surface area (Å²) in [5.41, 5.74) is -0.195. The Labute approximate surface area is 119 Å². The van der Waals surface area contributed by atoms with E-state index in [-0.39, 0.29) is 12.5 Å². The number of carbonyl (C=O) groups is 2. The van der Waals surface area contributed by atoms with Crippen LogP contribution in [0.25, 0.3) is 0 Å². The zero-order valence-corrected chi connectivity index (χ0v) is 12.3. The van der Waals surface area contributed by atoms with E-state index in [4.69, 9.17) is 5.11 Å². The topological polar surface area (TPSA) is 86.6 Å². The predicted molar refractivity (Wildman–Crippen MR) is 74.1 cm³/mol. The number of aliphatic carboxylic acids is 1. The molecule has 1 aromatic rings. The van der Waals surface area contributed by atoms with Crippen molar-refractivity contribution in [1.82, 2.24) is 5.32 Å². The molecule has 0 spiro atoms. The van der Waals surface area contributed by atoms with Crippen LogP contribution in [-0.4, -0.2) is 34.2 Å². The Morgan fingerprint density at radius 2 is 2.05 bits per heavy atom. The third kappa shape index (κ3) is 4.65. The van der Waals surface area contributed by atoms with Gasteiger partial charge in [-0.05, 0) is 31.5 Å². The highest BCUT2D eigenvalue weighted by atomic mass is 79.9. The summed E-state index contributed by atoms with van der Waals surface area (Å²) in [6, 6.07) is 5.23. The number of amides is 1. The number of carboxylic acids is 1. The van der Waals surface area contributed by atoms with Gasteiger partial charge < -0.3 is 15.5 Å². The zero-order chi connectivity index (χ0) is 14.6. The number of benzene rings is 1. The molecule has 0 aromatic heterocycles. The lowest BCUT2D eigenvalue weighted by molar-refractivity contribution is -0.141. The minimum atomic E-state index is -1.47. The van der Waals surface area contributed by atoms with Crippen LogP contribution in [0.4, 0.5) is 0 Å². The first-order valence-electron chi connectivity index (χ1n) is 5.70. The molecule has 1 rings (SSSR count). The first kappa shape index (κ1) is 15.7. The first-order chi connectivity index (χ1) is 8.73. The molecule has 19 heavy (non-hydrogen) atoms. The highest BCUT2D eigenvalue weighted by Crippen LogP contribution is 2.19. The molecule has 3 N–H and O–H groups in total. The number of hydrogen-bond acceptors (Lipinski definition) is 3. The lowest BCUT2D eigenvalue weighted by Crippen LogP contribution is -2.42. The van der Waals surface area contributed by atoms with Crippen molar-refractivity contribution in [3.8, 4) is 0 Å². The van der Waals surface area contributed by atoms with Crippen molar-refractivity contribution in [1.29, 1.82) is 0 Å². The molecule has 0 bridgehead atoms. The second-order valence-electron chi connectivity index (χ2n) is 4.66. The Morgan fingerprint density at radius 3 is 2.63 bits per heavy atom. The van der Waals surface area contributed by atoms with E-state index in [1.54, 1.807) is 19.1 Å². The van der Waals surface area contributed by atoms with Crippen LogP contribution in [0, 0.1) is 6.92 Å². The number of halogens is 1. The lowest BCUT2D eigenvalue weighted by atomic mass is 10.0. The van der Waals surface area contributed by atoms with Crippen molar-refractivity contribution >= 4 is 27.8 Å². The predicted octanol–water partition coefficient (Wildman–Crippen LogP) is 1.71. The molecule has 0 saturated heterocycles. The molecule has 0 aliphatic heterocycles. The van der Waals surface area contributed by atoms with Gasteiger partial charge in [0, 0.05) is 16.6 Å². The molecule has 104 valence electrons. The monoisotopic (exact) mass is 329 g/mol. The molecular weight excluding hydrogens is 314 g/mol. The summed E-state index contributed by atoms with van der Waals surface area (Å²) in [7, 11) is 0. The summed E-state index contributed by atoms with van der Waals surface area (Å²) < 4.78 is 0.817. The van der Waals surface area contributed by atoms with Crippen LogP contribution in [0.5, 0.6) is 0 Å². The molecule has 0 saturated carbocycles.